The Morgan fingerprint density at radius 1 is 1.18 bits per heavy atom. The molecule has 3 atom stereocenters. The van der Waals surface area contributed by atoms with E-state index in [1.54, 1.807) is 30.3 Å². The Morgan fingerprint density at radius 2 is 1.76 bits per heavy atom. The Balaban J connectivity index is 2.59. The van der Waals surface area contributed by atoms with Crippen LogP contribution >= 0.6 is 0 Å². The molecular formula is C11H15NO5. The average Bonchev–Trinajstić information content (AvgIpc) is 2.37. The van der Waals surface area contributed by atoms with Crippen molar-refractivity contribution in [2.45, 2.75) is 18.3 Å². The number of aliphatic hydroxyl groups is 4. The summed E-state index contributed by atoms with van der Waals surface area (Å²) in [5.74, 6) is -0.851. The molecule has 1 aromatic rings. The van der Waals surface area contributed by atoms with Crippen LogP contribution in [0.25, 0.3) is 0 Å². The SMILES string of the molecule is O=C(Nc1ccccc1)[C@@H](O)[C@H](O)[C@H](O)CO. The summed E-state index contributed by atoms with van der Waals surface area (Å²) in [5, 5.41) is 38.7. The fraction of sp³-hybridized carbons (Fsp3) is 0.364. The highest BCUT2D eigenvalue weighted by Crippen LogP contribution is 2.08. The van der Waals surface area contributed by atoms with E-state index in [0.717, 1.165) is 0 Å². The van der Waals surface area contributed by atoms with Gasteiger partial charge in [0.1, 0.15) is 12.2 Å². The molecule has 1 aromatic carbocycles. The lowest BCUT2D eigenvalue weighted by Crippen LogP contribution is -2.46. The molecule has 0 aliphatic rings. The van der Waals surface area contributed by atoms with Crippen molar-refractivity contribution in [2.24, 2.45) is 0 Å². The summed E-state index contributed by atoms with van der Waals surface area (Å²) in [4.78, 5) is 11.5. The molecular weight excluding hydrogens is 226 g/mol. The first-order valence-electron chi connectivity index (χ1n) is 5.07. The van der Waals surface area contributed by atoms with Crippen LogP contribution < -0.4 is 5.32 Å². The zero-order valence-electron chi connectivity index (χ0n) is 9.02. The second-order valence-corrected chi connectivity index (χ2v) is 3.54. The molecule has 0 heterocycles. The largest absolute Gasteiger partial charge is 0.394 e. The maximum atomic E-state index is 11.5. The van der Waals surface area contributed by atoms with Crippen LogP contribution in [0, 0.1) is 0 Å². The minimum absolute atomic E-state index is 0.460. The number of rotatable bonds is 5. The van der Waals surface area contributed by atoms with Crippen molar-refractivity contribution in [3.63, 3.8) is 0 Å². The van der Waals surface area contributed by atoms with Gasteiger partial charge < -0.3 is 25.7 Å². The van der Waals surface area contributed by atoms with Crippen molar-refractivity contribution >= 4 is 11.6 Å². The predicted molar refractivity (Wildman–Crippen MR) is 60.2 cm³/mol. The Kier molecular flexibility index (Phi) is 5.05. The van der Waals surface area contributed by atoms with Crippen molar-refractivity contribution in [1.82, 2.24) is 0 Å². The summed E-state index contributed by atoms with van der Waals surface area (Å²) >= 11 is 0. The first-order valence-corrected chi connectivity index (χ1v) is 5.07. The molecule has 6 heteroatoms. The van der Waals surface area contributed by atoms with Crippen LogP contribution in [0.15, 0.2) is 30.3 Å². The van der Waals surface area contributed by atoms with E-state index in [9.17, 15) is 15.0 Å². The van der Waals surface area contributed by atoms with Gasteiger partial charge in [-0.05, 0) is 12.1 Å². The molecule has 0 bridgehead atoms. The number of amides is 1. The van der Waals surface area contributed by atoms with Crippen LogP contribution in [-0.4, -0.2) is 51.3 Å². The van der Waals surface area contributed by atoms with Gasteiger partial charge in [-0.15, -0.1) is 0 Å². The molecule has 0 aliphatic carbocycles. The van der Waals surface area contributed by atoms with Crippen LogP contribution in [0.4, 0.5) is 5.69 Å². The van der Waals surface area contributed by atoms with E-state index in [0.29, 0.717) is 5.69 Å². The quantitative estimate of drug-likeness (QED) is 0.440. The average molecular weight is 241 g/mol. The van der Waals surface area contributed by atoms with Crippen LogP contribution in [0.3, 0.4) is 0 Å². The van der Waals surface area contributed by atoms with E-state index in [2.05, 4.69) is 5.32 Å². The Morgan fingerprint density at radius 3 is 2.29 bits per heavy atom. The second kappa shape index (κ2) is 6.31. The van der Waals surface area contributed by atoms with Crippen molar-refractivity contribution < 1.29 is 25.2 Å². The van der Waals surface area contributed by atoms with Crippen molar-refractivity contribution in [3.05, 3.63) is 30.3 Å². The van der Waals surface area contributed by atoms with Gasteiger partial charge in [0.25, 0.3) is 5.91 Å². The lowest BCUT2D eigenvalue weighted by molar-refractivity contribution is -0.137. The molecule has 0 spiro atoms. The van der Waals surface area contributed by atoms with Gasteiger partial charge in [0.2, 0.25) is 0 Å². The van der Waals surface area contributed by atoms with Gasteiger partial charge in [-0.1, -0.05) is 18.2 Å². The lowest BCUT2D eigenvalue weighted by atomic mass is 10.1. The van der Waals surface area contributed by atoms with Gasteiger partial charge in [-0.25, -0.2) is 0 Å². The van der Waals surface area contributed by atoms with E-state index in [1.165, 1.54) is 0 Å². The summed E-state index contributed by atoms with van der Waals surface area (Å²) < 4.78 is 0. The summed E-state index contributed by atoms with van der Waals surface area (Å²) in [6.07, 6.45) is -5.10. The van der Waals surface area contributed by atoms with Gasteiger partial charge in [0.15, 0.2) is 6.10 Å². The minimum atomic E-state index is -1.81. The number of carbonyl (C=O) groups excluding carboxylic acids is 1. The van der Waals surface area contributed by atoms with Crippen LogP contribution in [0.5, 0.6) is 0 Å². The van der Waals surface area contributed by atoms with E-state index >= 15 is 0 Å². The molecule has 0 saturated carbocycles. The zero-order valence-corrected chi connectivity index (χ0v) is 9.02. The summed E-state index contributed by atoms with van der Waals surface area (Å²) in [5.41, 5.74) is 0.460. The summed E-state index contributed by atoms with van der Waals surface area (Å²) in [7, 11) is 0. The molecule has 0 aromatic heterocycles. The molecule has 0 unspecified atom stereocenters. The maximum Gasteiger partial charge on any atom is 0.256 e. The number of hydrogen-bond acceptors (Lipinski definition) is 5. The Hall–Kier alpha value is -1.47. The summed E-state index contributed by atoms with van der Waals surface area (Å²) in [6.45, 7) is -0.739. The third-order valence-corrected chi connectivity index (χ3v) is 2.21. The number of aliphatic hydroxyl groups excluding tert-OH is 4. The number of hydrogen-bond donors (Lipinski definition) is 5. The normalized spacial score (nSPS) is 16.0. The molecule has 0 fully saturated rings. The van der Waals surface area contributed by atoms with E-state index in [4.69, 9.17) is 10.2 Å². The van der Waals surface area contributed by atoms with Crippen LogP contribution in [0.2, 0.25) is 0 Å². The standard InChI is InChI=1S/C11H15NO5/c13-6-8(14)9(15)10(16)11(17)12-7-4-2-1-3-5-7/h1-5,8-10,13-16H,6H2,(H,12,17)/t8-,9-,10+/m1/s1. The highest BCUT2D eigenvalue weighted by molar-refractivity contribution is 5.94. The molecule has 1 rings (SSSR count). The zero-order chi connectivity index (χ0) is 12.8. The first-order chi connectivity index (χ1) is 8.06. The van der Waals surface area contributed by atoms with Gasteiger partial charge in [0.05, 0.1) is 6.61 Å². The van der Waals surface area contributed by atoms with E-state index in [1.807, 2.05) is 0 Å². The topological polar surface area (TPSA) is 110 Å². The number of carbonyl (C=O) groups is 1. The second-order valence-electron chi connectivity index (χ2n) is 3.54. The van der Waals surface area contributed by atoms with Crippen LogP contribution in [0.1, 0.15) is 0 Å². The maximum absolute atomic E-state index is 11.5. The highest BCUT2D eigenvalue weighted by Gasteiger charge is 2.29. The Bertz CT molecular complexity index is 356. The molecule has 94 valence electrons. The fourth-order valence-electron chi connectivity index (χ4n) is 1.21. The number of nitrogens with one attached hydrogen (secondary N) is 1. The molecule has 0 saturated heterocycles. The summed E-state index contributed by atoms with van der Waals surface area (Å²) in [6, 6.07) is 8.37. The minimum Gasteiger partial charge on any atom is -0.394 e. The van der Waals surface area contributed by atoms with Gasteiger partial charge in [-0.3, -0.25) is 4.79 Å². The third kappa shape index (κ3) is 3.79. The lowest BCUT2D eigenvalue weighted by Gasteiger charge is -2.20. The van der Waals surface area contributed by atoms with Crippen molar-refractivity contribution in [3.8, 4) is 0 Å². The molecule has 17 heavy (non-hydrogen) atoms. The van der Waals surface area contributed by atoms with Gasteiger partial charge >= 0.3 is 0 Å². The van der Waals surface area contributed by atoms with E-state index in [-0.39, 0.29) is 0 Å². The molecule has 1 amide bonds. The van der Waals surface area contributed by atoms with E-state index < -0.39 is 30.8 Å². The fourth-order valence-corrected chi connectivity index (χ4v) is 1.21. The predicted octanol–water partition coefficient (Wildman–Crippen LogP) is -1.30. The van der Waals surface area contributed by atoms with Gasteiger partial charge in [-0.2, -0.15) is 0 Å². The number of benzene rings is 1. The monoisotopic (exact) mass is 241 g/mol. The molecule has 0 aliphatic heterocycles. The molecule has 5 N–H and O–H groups in total. The van der Waals surface area contributed by atoms with Crippen LogP contribution in [-0.2, 0) is 4.79 Å². The molecule has 6 nitrogen and oxygen atoms in total. The highest BCUT2D eigenvalue weighted by atomic mass is 16.4. The first kappa shape index (κ1) is 13.6. The Labute approximate surface area is 98.1 Å². The van der Waals surface area contributed by atoms with Gasteiger partial charge in [0, 0.05) is 5.69 Å². The third-order valence-electron chi connectivity index (χ3n) is 2.21. The van der Waals surface area contributed by atoms with Crippen molar-refractivity contribution in [2.75, 3.05) is 11.9 Å². The number of para-hydroxylation sites is 1. The van der Waals surface area contributed by atoms with Crippen molar-refractivity contribution in [1.29, 1.82) is 0 Å². The smallest absolute Gasteiger partial charge is 0.256 e. The number of anilines is 1. The molecule has 0 radical (unpaired) electrons.